The average Bonchev–Trinajstić information content (AvgIpc) is 2.80. The molecule has 2 amide bonds. The fourth-order valence-corrected chi connectivity index (χ4v) is 2.47. The molecule has 1 aromatic rings. The van der Waals surface area contributed by atoms with Gasteiger partial charge >= 0.3 is 0 Å². The van der Waals surface area contributed by atoms with Gasteiger partial charge in [0.15, 0.2) is 0 Å². The molecule has 0 aliphatic carbocycles. The molecule has 1 fully saturated rings. The zero-order chi connectivity index (χ0) is 13.0. The molecule has 2 heterocycles. The molecule has 98 valence electrons. The van der Waals surface area contributed by atoms with E-state index in [9.17, 15) is 9.59 Å². The lowest BCUT2D eigenvalue weighted by Crippen LogP contribution is -2.51. The summed E-state index contributed by atoms with van der Waals surface area (Å²) < 4.78 is 0. The van der Waals surface area contributed by atoms with Gasteiger partial charge in [0.1, 0.15) is 0 Å². The van der Waals surface area contributed by atoms with E-state index in [-0.39, 0.29) is 24.3 Å². The molecule has 18 heavy (non-hydrogen) atoms. The second-order valence-corrected chi connectivity index (χ2v) is 5.28. The van der Waals surface area contributed by atoms with E-state index in [2.05, 4.69) is 5.32 Å². The van der Waals surface area contributed by atoms with Crippen molar-refractivity contribution < 1.29 is 14.7 Å². The summed E-state index contributed by atoms with van der Waals surface area (Å²) in [5.41, 5.74) is 0. The van der Waals surface area contributed by atoms with Crippen LogP contribution in [0, 0.1) is 5.92 Å². The SMILES string of the molecule is O=C(NCCC(=O)N1CC(CO)C1)c1cccs1. The molecule has 1 aliphatic heterocycles. The van der Waals surface area contributed by atoms with Gasteiger partial charge in [-0.05, 0) is 11.4 Å². The van der Waals surface area contributed by atoms with Crippen LogP contribution >= 0.6 is 11.3 Å². The number of nitrogens with zero attached hydrogens (tertiary/aromatic N) is 1. The van der Waals surface area contributed by atoms with Crippen LogP contribution < -0.4 is 5.32 Å². The minimum atomic E-state index is -0.130. The first-order chi connectivity index (χ1) is 8.70. The molecule has 5 nitrogen and oxygen atoms in total. The third kappa shape index (κ3) is 3.08. The van der Waals surface area contributed by atoms with Gasteiger partial charge in [0.2, 0.25) is 5.91 Å². The molecule has 1 aromatic heterocycles. The van der Waals surface area contributed by atoms with E-state index in [0.717, 1.165) is 0 Å². The van der Waals surface area contributed by atoms with E-state index in [4.69, 9.17) is 5.11 Å². The number of carbonyl (C=O) groups is 2. The summed E-state index contributed by atoms with van der Waals surface area (Å²) in [4.78, 5) is 25.6. The molecular weight excluding hydrogens is 252 g/mol. The van der Waals surface area contributed by atoms with Gasteiger partial charge in [-0.1, -0.05) is 6.07 Å². The first kappa shape index (κ1) is 13.0. The van der Waals surface area contributed by atoms with E-state index in [1.165, 1.54) is 11.3 Å². The van der Waals surface area contributed by atoms with Crippen LogP contribution in [0.25, 0.3) is 0 Å². The Morgan fingerprint density at radius 1 is 1.50 bits per heavy atom. The van der Waals surface area contributed by atoms with E-state index >= 15 is 0 Å². The highest BCUT2D eigenvalue weighted by Crippen LogP contribution is 2.15. The van der Waals surface area contributed by atoms with Crippen molar-refractivity contribution in [2.75, 3.05) is 26.2 Å². The summed E-state index contributed by atoms with van der Waals surface area (Å²) in [6, 6.07) is 3.57. The monoisotopic (exact) mass is 268 g/mol. The van der Waals surface area contributed by atoms with Gasteiger partial charge in [-0.15, -0.1) is 11.3 Å². The Morgan fingerprint density at radius 3 is 2.89 bits per heavy atom. The summed E-state index contributed by atoms with van der Waals surface area (Å²) in [6.07, 6.45) is 0.315. The van der Waals surface area contributed by atoms with Crippen LogP contribution in [0.3, 0.4) is 0 Å². The fourth-order valence-electron chi connectivity index (χ4n) is 1.82. The van der Waals surface area contributed by atoms with Crippen LogP contribution in [0.5, 0.6) is 0 Å². The van der Waals surface area contributed by atoms with Crippen molar-refractivity contribution in [2.24, 2.45) is 5.92 Å². The Kier molecular flexibility index (Phi) is 4.33. The molecule has 0 saturated carbocycles. The second kappa shape index (κ2) is 5.97. The molecule has 0 atom stereocenters. The van der Waals surface area contributed by atoms with Crippen molar-refractivity contribution in [1.29, 1.82) is 0 Å². The largest absolute Gasteiger partial charge is 0.396 e. The predicted molar refractivity (Wildman–Crippen MR) is 68.4 cm³/mol. The van der Waals surface area contributed by atoms with Crippen LogP contribution in [0.15, 0.2) is 17.5 Å². The number of hydrogen-bond donors (Lipinski definition) is 2. The lowest BCUT2D eigenvalue weighted by atomic mass is 10.0. The number of likely N-dealkylation sites (tertiary alicyclic amines) is 1. The first-order valence-corrected chi connectivity index (χ1v) is 6.79. The summed E-state index contributed by atoms with van der Waals surface area (Å²) in [6.45, 7) is 1.76. The van der Waals surface area contributed by atoms with Crippen LogP contribution in [-0.2, 0) is 4.79 Å². The van der Waals surface area contributed by atoms with Crippen molar-refractivity contribution in [3.05, 3.63) is 22.4 Å². The third-order valence-corrected chi connectivity index (χ3v) is 3.81. The van der Waals surface area contributed by atoms with Crippen molar-refractivity contribution in [3.8, 4) is 0 Å². The Bertz CT molecular complexity index is 413. The maximum Gasteiger partial charge on any atom is 0.261 e. The molecule has 2 rings (SSSR count). The first-order valence-electron chi connectivity index (χ1n) is 5.91. The number of rotatable bonds is 5. The highest BCUT2D eigenvalue weighted by atomic mass is 32.1. The summed E-state index contributed by atoms with van der Waals surface area (Å²) in [5, 5.41) is 13.4. The van der Waals surface area contributed by atoms with Crippen LogP contribution in [-0.4, -0.2) is 48.1 Å². The second-order valence-electron chi connectivity index (χ2n) is 4.33. The van der Waals surface area contributed by atoms with E-state index in [1.54, 1.807) is 11.0 Å². The smallest absolute Gasteiger partial charge is 0.261 e. The van der Waals surface area contributed by atoms with Gasteiger partial charge < -0.3 is 15.3 Å². The number of carbonyl (C=O) groups excluding carboxylic acids is 2. The maximum atomic E-state index is 11.7. The van der Waals surface area contributed by atoms with Crippen molar-refractivity contribution >= 4 is 23.2 Å². The molecule has 0 bridgehead atoms. The molecule has 0 aromatic carbocycles. The normalized spacial score (nSPS) is 15.3. The third-order valence-electron chi connectivity index (χ3n) is 2.94. The van der Waals surface area contributed by atoms with Gasteiger partial charge in [0.05, 0.1) is 4.88 Å². The zero-order valence-electron chi connectivity index (χ0n) is 9.96. The molecule has 0 spiro atoms. The number of aliphatic hydroxyl groups is 1. The number of hydrogen-bond acceptors (Lipinski definition) is 4. The van der Waals surface area contributed by atoms with Gasteiger partial charge in [0, 0.05) is 38.6 Å². The molecule has 1 saturated heterocycles. The van der Waals surface area contributed by atoms with Gasteiger partial charge in [-0.25, -0.2) is 0 Å². The number of thiophene rings is 1. The summed E-state index contributed by atoms with van der Waals surface area (Å²) in [7, 11) is 0. The van der Waals surface area contributed by atoms with Gasteiger partial charge in [0.25, 0.3) is 5.91 Å². The average molecular weight is 268 g/mol. The Labute approximate surface area is 109 Å². The molecule has 6 heteroatoms. The topological polar surface area (TPSA) is 69.6 Å². The van der Waals surface area contributed by atoms with Crippen LogP contribution in [0.4, 0.5) is 0 Å². The minimum absolute atomic E-state index is 0.0335. The predicted octanol–water partition coefficient (Wildman–Crippen LogP) is 0.319. The minimum Gasteiger partial charge on any atom is -0.396 e. The molecule has 0 radical (unpaired) electrons. The number of aliphatic hydroxyl groups excluding tert-OH is 1. The lowest BCUT2D eigenvalue weighted by molar-refractivity contribution is -0.138. The molecule has 2 N–H and O–H groups in total. The van der Waals surface area contributed by atoms with Crippen molar-refractivity contribution in [2.45, 2.75) is 6.42 Å². The fraction of sp³-hybridized carbons (Fsp3) is 0.500. The van der Waals surface area contributed by atoms with Crippen LogP contribution in [0.1, 0.15) is 16.1 Å². The van der Waals surface area contributed by atoms with Gasteiger partial charge in [-0.2, -0.15) is 0 Å². The summed E-state index contributed by atoms with van der Waals surface area (Å²) >= 11 is 1.38. The number of amides is 2. The Hall–Kier alpha value is -1.40. The van der Waals surface area contributed by atoms with E-state index in [1.807, 2.05) is 11.4 Å². The standard InChI is InChI=1S/C12H16N2O3S/c15-8-9-6-14(7-9)11(16)3-4-13-12(17)10-2-1-5-18-10/h1-2,5,9,15H,3-4,6-8H2,(H,13,17). The van der Waals surface area contributed by atoms with E-state index in [0.29, 0.717) is 30.9 Å². The Balaban J connectivity index is 1.64. The maximum absolute atomic E-state index is 11.7. The number of nitrogens with one attached hydrogen (secondary N) is 1. The highest BCUT2D eigenvalue weighted by Gasteiger charge is 2.29. The lowest BCUT2D eigenvalue weighted by Gasteiger charge is -2.38. The quantitative estimate of drug-likeness (QED) is 0.808. The highest BCUT2D eigenvalue weighted by molar-refractivity contribution is 7.12. The molecule has 0 unspecified atom stereocenters. The van der Waals surface area contributed by atoms with Gasteiger partial charge in [-0.3, -0.25) is 9.59 Å². The Morgan fingerprint density at radius 2 is 2.28 bits per heavy atom. The van der Waals surface area contributed by atoms with Crippen molar-refractivity contribution in [3.63, 3.8) is 0 Å². The van der Waals surface area contributed by atoms with Crippen LogP contribution in [0.2, 0.25) is 0 Å². The molecule has 1 aliphatic rings. The molecular formula is C12H16N2O3S. The van der Waals surface area contributed by atoms with Crippen molar-refractivity contribution in [1.82, 2.24) is 10.2 Å². The zero-order valence-corrected chi connectivity index (χ0v) is 10.8. The summed E-state index contributed by atoms with van der Waals surface area (Å²) in [5.74, 6) is 0.135. The van der Waals surface area contributed by atoms with E-state index < -0.39 is 0 Å².